The number of hydrogen-bond donors (Lipinski definition) is 0. The second-order valence-electron chi connectivity index (χ2n) is 6.66. The average Bonchev–Trinajstić information content (AvgIpc) is 3.45. The Bertz CT molecular complexity index is 1120. The fourth-order valence-corrected chi connectivity index (χ4v) is 4.86. The number of carbonyl (C=O) groups excluding carboxylic acids is 1. The fraction of sp³-hybridized carbons (Fsp3) is 0.263. The zero-order valence-electron chi connectivity index (χ0n) is 16.0. The maximum atomic E-state index is 12.5. The largest absolute Gasteiger partial charge is 0.338 e. The second kappa shape index (κ2) is 8.86. The molecule has 0 unspecified atom stereocenters. The molecule has 0 saturated carbocycles. The number of nitrogens with zero attached hydrogens (tertiary/aromatic N) is 6. The quantitative estimate of drug-likeness (QED) is 0.572. The van der Waals surface area contributed by atoms with Crippen LogP contribution in [0.5, 0.6) is 0 Å². The van der Waals surface area contributed by atoms with Crippen LogP contribution in [0.3, 0.4) is 0 Å². The first-order valence-electron chi connectivity index (χ1n) is 9.34. The van der Waals surface area contributed by atoms with Gasteiger partial charge in [-0.2, -0.15) is 9.10 Å². The molecule has 1 aliphatic heterocycles. The van der Waals surface area contributed by atoms with Crippen molar-refractivity contribution in [1.82, 2.24) is 29.4 Å². The molecule has 1 aliphatic rings. The Hall–Kier alpha value is -2.89. The van der Waals surface area contributed by atoms with Crippen molar-refractivity contribution in [3.05, 3.63) is 58.8 Å². The van der Waals surface area contributed by atoms with E-state index in [2.05, 4.69) is 15.4 Å². The highest BCUT2D eigenvalue weighted by Gasteiger charge is 2.27. The number of aromatic nitrogens is 4. The van der Waals surface area contributed by atoms with Gasteiger partial charge in [-0.15, -0.1) is 21.5 Å². The Kier molecular flexibility index (Phi) is 6.02. The summed E-state index contributed by atoms with van der Waals surface area (Å²) in [6, 6.07) is 13.0. The average molecular weight is 445 g/mol. The van der Waals surface area contributed by atoms with Gasteiger partial charge in [-0.1, -0.05) is 36.4 Å². The van der Waals surface area contributed by atoms with Crippen LogP contribution in [0.25, 0.3) is 16.8 Å². The molecular formula is C19H20N6O3S2. The number of benzene rings is 1. The number of rotatable bonds is 6. The Morgan fingerprint density at radius 2 is 1.83 bits per heavy atom. The molecule has 1 aromatic carbocycles. The van der Waals surface area contributed by atoms with Crippen LogP contribution >= 0.6 is 11.3 Å². The molecule has 3 heterocycles. The van der Waals surface area contributed by atoms with Crippen LogP contribution < -0.4 is 0 Å². The van der Waals surface area contributed by atoms with Gasteiger partial charge in [0.2, 0.25) is 21.8 Å². The molecule has 1 amide bonds. The Balaban J connectivity index is 1.31. The normalized spacial score (nSPS) is 15.7. The molecule has 3 aromatic rings. The number of thiophene rings is 1. The van der Waals surface area contributed by atoms with Crippen LogP contribution in [0.2, 0.25) is 0 Å². The summed E-state index contributed by atoms with van der Waals surface area (Å²) < 4.78 is 26.5. The molecule has 0 spiro atoms. The van der Waals surface area contributed by atoms with Crippen LogP contribution in [0.4, 0.5) is 0 Å². The third-order valence-electron chi connectivity index (χ3n) is 4.65. The van der Waals surface area contributed by atoms with Gasteiger partial charge in [-0.25, -0.2) is 8.42 Å². The van der Waals surface area contributed by atoms with E-state index in [1.54, 1.807) is 11.0 Å². The van der Waals surface area contributed by atoms with Gasteiger partial charge in [0.25, 0.3) is 0 Å². The highest BCUT2D eigenvalue weighted by Crippen LogP contribution is 2.19. The van der Waals surface area contributed by atoms with E-state index in [-0.39, 0.29) is 25.5 Å². The van der Waals surface area contributed by atoms with Crippen molar-refractivity contribution in [2.45, 2.75) is 6.54 Å². The summed E-state index contributed by atoms with van der Waals surface area (Å²) in [6.07, 6.45) is 1.58. The minimum atomic E-state index is -3.54. The molecule has 30 heavy (non-hydrogen) atoms. The molecule has 0 bridgehead atoms. The summed E-state index contributed by atoms with van der Waals surface area (Å²) in [5.41, 5.74) is 0.817. The molecule has 0 N–H and O–H groups in total. The zero-order chi connectivity index (χ0) is 21.0. The number of amides is 1. The first-order chi connectivity index (χ1) is 14.5. The smallest absolute Gasteiger partial charge is 0.246 e. The molecule has 1 fully saturated rings. The zero-order valence-corrected chi connectivity index (χ0v) is 17.7. The SMILES string of the molecule is O=C(Cn1nnc(-c2cccs2)n1)N1CCN(S(=O)(=O)C=Cc2ccccc2)CC1. The maximum absolute atomic E-state index is 12.5. The van der Waals surface area contributed by atoms with E-state index in [4.69, 9.17) is 0 Å². The molecule has 4 rings (SSSR count). The van der Waals surface area contributed by atoms with E-state index < -0.39 is 10.0 Å². The van der Waals surface area contributed by atoms with Crippen LogP contribution in [-0.4, -0.2) is 69.9 Å². The third kappa shape index (κ3) is 4.81. The second-order valence-corrected chi connectivity index (χ2v) is 9.43. The number of piperazine rings is 1. The third-order valence-corrected chi connectivity index (χ3v) is 7.09. The Morgan fingerprint density at radius 1 is 1.07 bits per heavy atom. The molecule has 156 valence electrons. The highest BCUT2D eigenvalue weighted by molar-refractivity contribution is 7.92. The number of carbonyl (C=O) groups is 1. The van der Waals surface area contributed by atoms with Crippen LogP contribution in [0, 0.1) is 0 Å². The Morgan fingerprint density at radius 3 is 2.53 bits per heavy atom. The van der Waals surface area contributed by atoms with Crippen molar-refractivity contribution in [2.24, 2.45) is 0 Å². The van der Waals surface area contributed by atoms with Crippen molar-refractivity contribution >= 4 is 33.3 Å². The molecule has 2 aromatic heterocycles. The monoisotopic (exact) mass is 444 g/mol. The standard InChI is InChI=1S/C19H20N6O3S2/c26-18(15-25-21-19(20-22-25)17-7-4-13-29-17)23-9-11-24(12-10-23)30(27,28)14-8-16-5-2-1-3-6-16/h1-8,13-14H,9-12,15H2. The summed E-state index contributed by atoms with van der Waals surface area (Å²) in [5, 5.41) is 15.3. The van der Waals surface area contributed by atoms with Crippen molar-refractivity contribution in [1.29, 1.82) is 0 Å². The summed E-state index contributed by atoms with van der Waals surface area (Å²) in [7, 11) is -3.54. The van der Waals surface area contributed by atoms with Crippen LogP contribution in [0.1, 0.15) is 5.56 Å². The van der Waals surface area contributed by atoms with Gasteiger partial charge in [0.05, 0.1) is 4.88 Å². The lowest BCUT2D eigenvalue weighted by Crippen LogP contribution is -2.50. The van der Waals surface area contributed by atoms with Gasteiger partial charge < -0.3 is 4.90 Å². The van der Waals surface area contributed by atoms with E-state index >= 15 is 0 Å². The van der Waals surface area contributed by atoms with E-state index in [1.165, 1.54) is 25.8 Å². The Labute approximate surface area is 178 Å². The topological polar surface area (TPSA) is 101 Å². The molecule has 1 saturated heterocycles. The van der Waals surface area contributed by atoms with E-state index in [0.29, 0.717) is 18.9 Å². The lowest BCUT2D eigenvalue weighted by Gasteiger charge is -2.33. The van der Waals surface area contributed by atoms with Gasteiger partial charge in [0.1, 0.15) is 6.54 Å². The minimum Gasteiger partial charge on any atom is -0.338 e. The predicted molar refractivity (Wildman–Crippen MR) is 114 cm³/mol. The molecule has 0 aliphatic carbocycles. The molecule has 11 heteroatoms. The first-order valence-corrected chi connectivity index (χ1v) is 11.7. The first kappa shape index (κ1) is 20.4. The van der Waals surface area contributed by atoms with Crippen LogP contribution in [-0.2, 0) is 21.4 Å². The number of tetrazole rings is 1. The molecular weight excluding hydrogens is 424 g/mol. The number of hydrogen-bond acceptors (Lipinski definition) is 7. The fourth-order valence-electron chi connectivity index (χ4n) is 3.04. The summed E-state index contributed by atoms with van der Waals surface area (Å²) in [5.74, 6) is 0.320. The van der Waals surface area contributed by atoms with Crippen LogP contribution in [0.15, 0.2) is 53.3 Å². The van der Waals surface area contributed by atoms with E-state index in [1.807, 2.05) is 47.8 Å². The molecule has 0 radical (unpaired) electrons. The van der Waals surface area contributed by atoms with Gasteiger partial charge in [0, 0.05) is 31.6 Å². The van der Waals surface area contributed by atoms with Gasteiger partial charge in [0.15, 0.2) is 0 Å². The lowest BCUT2D eigenvalue weighted by molar-refractivity contribution is -0.133. The van der Waals surface area contributed by atoms with E-state index in [0.717, 1.165) is 10.4 Å². The van der Waals surface area contributed by atoms with Crippen molar-refractivity contribution < 1.29 is 13.2 Å². The summed E-state index contributed by atoms with van der Waals surface area (Å²) >= 11 is 1.50. The van der Waals surface area contributed by atoms with Gasteiger partial charge >= 0.3 is 0 Å². The number of sulfonamides is 1. The summed E-state index contributed by atoms with van der Waals surface area (Å²) in [4.78, 5) is 16.3. The van der Waals surface area contributed by atoms with Crippen molar-refractivity contribution in [3.8, 4) is 10.7 Å². The van der Waals surface area contributed by atoms with Gasteiger partial charge in [-0.05, 0) is 28.3 Å². The maximum Gasteiger partial charge on any atom is 0.246 e. The minimum absolute atomic E-state index is 0.0287. The van der Waals surface area contributed by atoms with Gasteiger partial charge in [-0.3, -0.25) is 4.79 Å². The highest BCUT2D eigenvalue weighted by atomic mass is 32.2. The predicted octanol–water partition coefficient (Wildman–Crippen LogP) is 1.55. The molecule has 9 nitrogen and oxygen atoms in total. The lowest BCUT2D eigenvalue weighted by atomic mass is 10.2. The van der Waals surface area contributed by atoms with Crippen molar-refractivity contribution in [2.75, 3.05) is 26.2 Å². The van der Waals surface area contributed by atoms with E-state index in [9.17, 15) is 13.2 Å². The molecule has 0 atom stereocenters. The summed E-state index contributed by atoms with van der Waals surface area (Å²) in [6.45, 7) is 1.11. The van der Waals surface area contributed by atoms with Crippen molar-refractivity contribution in [3.63, 3.8) is 0 Å².